The number of benzene rings is 1. The van der Waals surface area contributed by atoms with Crippen molar-refractivity contribution >= 4 is 11.9 Å². The van der Waals surface area contributed by atoms with Crippen LogP contribution in [0.4, 0.5) is 0 Å². The van der Waals surface area contributed by atoms with E-state index in [0.29, 0.717) is 19.4 Å². The second-order valence-electron chi connectivity index (χ2n) is 20.3. The predicted octanol–water partition coefficient (Wildman–Crippen LogP) is 4.45. The maximum Gasteiger partial charge on any atom is 0.335 e. The Morgan fingerprint density at radius 1 is 0.938 bits per heavy atom. The van der Waals surface area contributed by atoms with Gasteiger partial charge in [0.25, 0.3) is 0 Å². The Kier molecular flexibility index (Phi) is 19.8. The predicted molar refractivity (Wildman–Crippen MR) is 243 cm³/mol. The van der Waals surface area contributed by atoms with E-state index in [1.54, 1.807) is 41.5 Å². The van der Waals surface area contributed by atoms with Crippen molar-refractivity contribution in [3.63, 3.8) is 0 Å². The minimum atomic E-state index is -1.84. The lowest BCUT2D eigenvalue weighted by atomic mass is 9.77. The molecule has 1 aromatic rings. The van der Waals surface area contributed by atoms with Gasteiger partial charge in [0.1, 0.15) is 23.9 Å². The smallest absolute Gasteiger partial charge is 0.335 e. The molecule has 4 rings (SSSR count). The fourth-order valence-corrected chi connectivity index (χ4v) is 10.1. The van der Waals surface area contributed by atoms with E-state index < -0.39 is 108 Å². The number of rotatable bonds is 13. The molecule has 0 radical (unpaired) electrons. The van der Waals surface area contributed by atoms with Crippen molar-refractivity contribution < 1.29 is 67.9 Å². The molecule has 374 valence electrons. The van der Waals surface area contributed by atoms with Gasteiger partial charge in [-0.3, -0.25) is 4.79 Å². The Bertz CT molecular complexity index is 1630. The summed E-state index contributed by atoms with van der Waals surface area (Å²) in [5.74, 6) is -3.44. The molecule has 3 heterocycles. The summed E-state index contributed by atoms with van der Waals surface area (Å²) in [6, 6.07) is 8.58. The summed E-state index contributed by atoms with van der Waals surface area (Å²) in [4.78, 5) is 32.3. The molecular formula is C49H84N2O14. The lowest BCUT2D eigenvalue weighted by Gasteiger charge is -2.49. The lowest BCUT2D eigenvalue weighted by Crippen LogP contribution is -2.61. The van der Waals surface area contributed by atoms with Gasteiger partial charge in [-0.05, 0) is 107 Å². The van der Waals surface area contributed by atoms with Gasteiger partial charge < -0.3 is 68.1 Å². The van der Waals surface area contributed by atoms with Crippen LogP contribution in [0.5, 0.6) is 0 Å². The lowest BCUT2D eigenvalue weighted by molar-refractivity contribution is -0.320. The quantitative estimate of drug-likeness (QED) is 0.203. The van der Waals surface area contributed by atoms with Gasteiger partial charge in [0.05, 0.1) is 54.2 Å². The van der Waals surface area contributed by atoms with Crippen LogP contribution in [-0.2, 0) is 54.1 Å². The van der Waals surface area contributed by atoms with Crippen LogP contribution in [0.1, 0.15) is 114 Å². The van der Waals surface area contributed by atoms with Gasteiger partial charge in [0.15, 0.2) is 24.8 Å². The summed E-state index contributed by atoms with van der Waals surface area (Å²) in [6.07, 6.45) is -9.32. The van der Waals surface area contributed by atoms with Crippen molar-refractivity contribution in [3.8, 4) is 0 Å². The molecule has 19 atom stereocenters. The van der Waals surface area contributed by atoms with Crippen LogP contribution < -0.4 is 0 Å². The van der Waals surface area contributed by atoms with Crippen molar-refractivity contribution in [2.75, 3.05) is 34.8 Å². The summed E-state index contributed by atoms with van der Waals surface area (Å²) in [6.45, 7) is 20.0. The minimum Gasteiger partial charge on any atom is -0.459 e. The summed E-state index contributed by atoms with van der Waals surface area (Å²) < 4.78 is 51.2. The standard InChI is InChI=1S/C49H84N2O14/c1-16-36-42(53)48(10,58-15)25-38(61-36)63-39-30(5)43(47(9,56)24-28(3)26-51(14)32(7)41(52)49(11,57)37(17-2)62-44(54)31(39)6)65-46-40(35(50(12)13)23-29(4)60-46)64-45(55)33(8)59-27-34-21-19-18-20-22-34/h18-22,28-33,35-43,46,52-53,56-57H,16-17,23-27H2,1-15H3/t28-,29-,30+,31-,32-,33-,35+,36+,37-,38+,39+,40-,41-,42+,43-,46+,47-,48-,49-/m1/s1. The van der Waals surface area contributed by atoms with E-state index in [-0.39, 0.29) is 43.9 Å². The third-order valence-corrected chi connectivity index (χ3v) is 14.4. The van der Waals surface area contributed by atoms with E-state index in [0.717, 1.165) is 5.56 Å². The van der Waals surface area contributed by atoms with E-state index in [4.69, 9.17) is 37.9 Å². The average molecular weight is 925 g/mol. The second-order valence-corrected chi connectivity index (χ2v) is 20.3. The molecule has 0 aliphatic carbocycles. The molecule has 16 nitrogen and oxygen atoms in total. The maximum absolute atomic E-state index is 14.6. The molecule has 0 aromatic heterocycles. The fraction of sp³-hybridized carbons (Fsp3) is 0.837. The average Bonchev–Trinajstić information content (AvgIpc) is 3.25. The van der Waals surface area contributed by atoms with Gasteiger partial charge >= 0.3 is 11.9 Å². The van der Waals surface area contributed by atoms with Gasteiger partial charge in [-0.1, -0.05) is 58.0 Å². The Labute approximate surface area is 388 Å². The number of methoxy groups -OCH3 is 1. The van der Waals surface area contributed by atoms with Crippen LogP contribution >= 0.6 is 0 Å². The first-order valence-corrected chi connectivity index (χ1v) is 23.7. The number of ether oxygens (including phenoxy) is 8. The number of carbonyl (C=O) groups excluding carboxylic acids is 2. The fourth-order valence-electron chi connectivity index (χ4n) is 10.1. The molecule has 3 fully saturated rings. The number of carbonyl (C=O) groups is 2. The maximum atomic E-state index is 14.6. The van der Waals surface area contributed by atoms with Gasteiger partial charge in [-0.15, -0.1) is 0 Å². The van der Waals surface area contributed by atoms with Gasteiger partial charge in [-0.25, -0.2) is 4.79 Å². The molecule has 0 saturated carbocycles. The molecule has 0 bridgehead atoms. The Hall–Kier alpha value is -2.32. The van der Waals surface area contributed by atoms with Gasteiger partial charge in [-0.2, -0.15) is 0 Å². The zero-order valence-corrected chi connectivity index (χ0v) is 41.8. The number of nitrogens with zero attached hydrogens (tertiary/aromatic N) is 2. The second kappa shape index (κ2) is 23.3. The first-order valence-electron chi connectivity index (χ1n) is 23.7. The molecular weight excluding hydrogens is 841 g/mol. The zero-order chi connectivity index (χ0) is 48.8. The number of likely N-dealkylation sites (N-methyl/N-ethyl adjacent to an activating group) is 2. The first-order chi connectivity index (χ1) is 30.3. The van der Waals surface area contributed by atoms with Crippen molar-refractivity contribution in [2.45, 2.75) is 211 Å². The summed E-state index contributed by atoms with van der Waals surface area (Å²) >= 11 is 0. The van der Waals surface area contributed by atoms with Crippen LogP contribution in [0.2, 0.25) is 0 Å². The van der Waals surface area contributed by atoms with E-state index in [2.05, 4.69) is 0 Å². The van der Waals surface area contributed by atoms with E-state index in [9.17, 15) is 30.0 Å². The molecule has 0 unspecified atom stereocenters. The normalized spacial score (nSPS) is 42.4. The monoisotopic (exact) mass is 925 g/mol. The third-order valence-electron chi connectivity index (χ3n) is 14.4. The van der Waals surface area contributed by atoms with Crippen molar-refractivity contribution in [1.82, 2.24) is 9.80 Å². The molecule has 65 heavy (non-hydrogen) atoms. The third kappa shape index (κ3) is 13.5. The number of esters is 2. The molecule has 3 saturated heterocycles. The molecule has 0 spiro atoms. The number of cyclic esters (lactones) is 1. The SMILES string of the molecule is CC[C@@H]1O[C@@H](O[C@H]2[C@H](C)[C@@H](O[C@@H]3O[C@H](C)C[C@H](N(C)C)[C@H]3OC(=O)[C@@H](C)OCc3ccccc3)[C@](C)(O)C[C@@H](C)CN(C)[C@H](C)[C@@H](O)[C@](C)(O)[C@@H](CC)OC(=O)[C@@H]2C)C[C@@](C)(OC)[C@H]1O. The highest BCUT2D eigenvalue weighted by Crippen LogP contribution is 2.41. The molecule has 3 aliphatic heterocycles. The van der Waals surface area contributed by atoms with E-state index >= 15 is 0 Å². The van der Waals surface area contributed by atoms with E-state index in [1.165, 1.54) is 14.0 Å². The zero-order valence-electron chi connectivity index (χ0n) is 41.8. The molecule has 0 amide bonds. The largest absolute Gasteiger partial charge is 0.459 e. The van der Waals surface area contributed by atoms with E-state index in [1.807, 2.05) is 89.0 Å². The van der Waals surface area contributed by atoms with Crippen molar-refractivity contribution in [3.05, 3.63) is 35.9 Å². The van der Waals surface area contributed by atoms with Crippen LogP contribution in [0.25, 0.3) is 0 Å². The number of aliphatic hydroxyl groups excluding tert-OH is 2. The van der Waals surface area contributed by atoms with Crippen LogP contribution in [0, 0.1) is 17.8 Å². The molecule has 1 aromatic carbocycles. The highest BCUT2D eigenvalue weighted by molar-refractivity contribution is 5.74. The van der Waals surface area contributed by atoms with Crippen LogP contribution in [-0.4, -0.2) is 173 Å². The van der Waals surface area contributed by atoms with Gasteiger partial charge in [0.2, 0.25) is 0 Å². The van der Waals surface area contributed by atoms with Crippen molar-refractivity contribution in [1.29, 1.82) is 0 Å². The summed E-state index contributed by atoms with van der Waals surface area (Å²) in [5, 5.41) is 47.8. The Morgan fingerprint density at radius 2 is 1.58 bits per heavy atom. The summed E-state index contributed by atoms with van der Waals surface area (Å²) in [5.41, 5.74) is -3.66. The van der Waals surface area contributed by atoms with Crippen LogP contribution in [0.15, 0.2) is 30.3 Å². The molecule has 4 N–H and O–H groups in total. The first kappa shape index (κ1) is 55.3. The summed E-state index contributed by atoms with van der Waals surface area (Å²) in [7, 11) is 7.14. The Morgan fingerprint density at radius 3 is 2.17 bits per heavy atom. The molecule has 3 aliphatic rings. The van der Waals surface area contributed by atoms with Crippen LogP contribution in [0.3, 0.4) is 0 Å². The minimum absolute atomic E-state index is 0.101. The number of hydrogen-bond donors (Lipinski definition) is 4. The topological polar surface area (TPSA) is 195 Å². The highest BCUT2D eigenvalue weighted by atomic mass is 16.7. The Balaban J connectivity index is 1.83. The van der Waals surface area contributed by atoms with Crippen molar-refractivity contribution in [2.24, 2.45) is 17.8 Å². The number of hydrogen-bond acceptors (Lipinski definition) is 16. The number of aliphatic hydroxyl groups is 4. The molecule has 16 heteroatoms. The highest BCUT2D eigenvalue weighted by Gasteiger charge is 2.53. The van der Waals surface area contributed by atoms with Gasteiger partial charge in [0, 0.05) is 32.0 Å².